The van der Waals surface area contributed by atoms with E-state index in [9.17, 15) is 13.2 Å². The number of nitrogens with one attached hydrogen (secondary N) is 2. The maximum Gasteiger partial charge on any atom is 0.263 e. The zero-order chi connectivity index (χ0) is 24.7. The van der Waals surface area contributed by atoms with Crippen LogP contribution < -0.4 is 14.8 Å². The Hall–Kier alpha value is -4.37. The molecule has 8 nitrogen and oxygen atoms in total. The van der Waals surface area contributed by atoms with Gasteiger partial charge in [0.2, 0.25) is 5.91 Å². The van der Waals surface area contributed by atoms with Gasteiger partial charge in [-0.2, -0.15) is 0 Å². The summed E-state index contributed by atoms with van der Waals surface area (Å²) in [6.45, 7) is 2.14. The van der Waals surface area contributed by atoms with Crippen molar-refractivity contribution in [1.82, 2.24) is 5.16 Å². The summed E-state index contributed by atoms with van der Waals surface area (Å²) < 4.78 is 37.8. The zero-order valence-electron chi connectivity index (χ0n) is 18.8. The molecule has 35 heavy (non-hydrogen) atoms. The summed E-state index contributed by atoms with van der Waals surface area (Å²) in [5.41, 5.74) is 2.38. The van der Waals surface area contributed by atoms with Gasteiger partial charge in [-0.1, -0.05) is 47.6 Å². The quantitative estimate of drug-likeness (QED) is 0.320. The number of sulfonamides is 1. The molecule has 2 N–H and O–H groups in total. The van der Waals surface area contributed by atoms with E-state index in [1.54, 1.807) is 13.0 Å². The van der Waals surface area contributed by atoms with Crippen LogP contribution >= 0.6 is 0 Å². The number of carbonyl (C=O) groups is 1. The van der Waals surface area contributed by atoms with Crippen LogP contribution in [0.5, 0.6) is 5.75 Å². The molecule has 0 bridgehead atoms. The lowest BCUT2D eigenvalue weighted by molar-refractivity contribution is -0.111. The monoisotopic (exact) mass is 489 g/mol. The Labute approximate surface area is 203 Å². The molecule has 4 rings (SSSR count). The molecular formula is C26H23N3O5S. The number of aryl methyl sites for hydroxylation is 1. The van der Waals surface area contributed by atoms with Crippen molar-refractivity contribution >= 4 is 33.5 Å². The number of benzene rings is 3. The first kappa shape index (κ1) is 23.8. The highest BCUT2D eigenvalue weighted by Crippen LogP contribution is 2.19. The molecule has 0 saturated heterocycles. The maximum absolute atomic E-state index is 12.4. The second-order valence-electron chi connectivity index (χ2n) is 7.62. The van der Waals surface area contributed by atoms with Crippen LogP contribution in [0.15, 0.2) is 100 Å². The molecule has 1 heterocycles. The Kier molecular flexibility index (Phi) is 7.27. The first-order valence-corrected chi connectivity index (χ1v) is 12.2. The summed E-state index contributed by atoms with van der Waals surface area (Å²) in [5, 5.41) is 6.32. The van der Waals surface area contributed by atoms with E-state index in [1.807, 2.05) is 54.6 Å². The molecule has 1 aromatic heterocycles. The van der Waals surface area contributed by atoms with Crippen LogP contribution in [-0.2, 0) is 21.4 Å². The molecule has 178 valence electrons. The minimum atomic E-state index is -3.82. The highest BCUT2D eigenvalue weighted by atomic mass is 32.2. The summed E-state index contributed by atoms with van der Waals surface area (Å²) in [4.78, 5) is 12.3. The average Bonchev–Trinajstić information content (AvgIpc) is 3.26. The van der Waals surface area contributed by atoms with Crippen molar-refractivity contribution < 1.29 is 22.5 Å². The zero-order valence-corrected chi connectivity index (χ0v) is 19.7. The van der Waals surface area contributed by atoms with Crippen LogP contribution in [0.2, 0.25) is 0 Å². The molecule has 9 heteroatoms. The smallest absolute Gasteiger partial charge is 0.263 e. The number of carbonyl (C=O) groups excluding carboxylic acids is 1. The number of ether oxygens (including phenoxy) is 1. The Morgan fingerprint density at radius 1 is 1.00 bits per heavy atom. The van der Waals surface area contributed by atoms with E-state index in [2.05, 4.69) is 15.2 Å². The molecular weight excluding hydrogens is 466 g/mol. The van der Waals surface area contributed by atoms with Crippen molar-refractivity contribution in [3.8, 4) is 5.75 Å². The number of anilines is 2. The first-order chi connectivity index (χ1) is 16.9. The fourth-order valence-corrected chi connectivity index (χ4v) is 4.08. The molecule has 0 atom stereocenters. The van der Waals surface area contributed by atoms with E-state index in [4.69, 9.17) is 9.26 Å². The van der Waals surface area contributed by atoms with Crippen molar-refractivity contribution in [2.75, 3.05) is 10.0 Å². The third kappa shape index (κ3) is 6.81. The van der Waals surface area contributed by atoms with E-state index in [0.717, 1.165) is 16.9 Å². The van der Waals surface area contributed by atoms with Gasteiger partial charge in [-0.3, -0.25) is 9.52 Å². The minimum absolute atomic E-state index is 0.0290. The van der Waals surface area contributed by atoms with Gasteiger partial charge in [0, 0.05) is 17.8 Å². The topological polar surface area (TPSA) is 111 Å². The predicted octanol–water partition coefficient (Wildman–Crippen LogP) is 5.01. The highest BCUT2D eigenvalue weighted by molar-refractivity contribution is 7.92. The van der Waals surface area contributed by atoms with Gasteiger partial charge in [0.05, 0.1) is 4.90 Å². The second kappa shape index (κ2) is 10.7. The number of aromatic nitrogens is 1. The van der Waals surface area contributed by atoms with Gasteiger partial charge >= 0.3 is 0 Å². The number of hydrogen-bond acceptors (Lipinski definition) is 6. The van der Waals surface area contributed by atoms with Crippen molar-refractivity contribution in [2.24, 2.45) is 0 Å². The Bertz CT molecular complexity index is 1410. The Morgan fingerprint density at radius 2 is 1.71 bits per heavy atom. The van der Waals surface area contributed by atoms with Crippen LogP contribution in [0.25, 0.3) is 6.08 Å². The molecule has 4 aromatic rings. The van der Waals surface area contributed by atoms with Crippen LogP contribution in [0.4, 0.5) is 11.5 Å². The van der Waals surface area contributed by atoms with Crippen LogP contribution in [0, 0.1) is 6.92 Å². The van der Waals surface area contributed by atoms with E-state index in [0.29, 0.717) is 18.1 Å². The van der Waals surface area contributed by atoms with Crippen LogP contribution in [0.1, 0.15) is 16.9 Å². The van der Waals surface area contributed by atoms with E-state index < -0.39 is 10.0 Å². The van der Waals surface area contributed by atoms with E-state index in [-0.39, 0.29) is 16.6 Å². The fourth-order valence-electron chi connectivity index (χ4n) is 3.10. The van der Waals surface area contributed by atoms with Gasteiger partial charge in [0.25, 0.3) is 10.0 Å². The Balaban J connectivity index is 1.29. The molecule has 0 spiro atoms. The molecule has 0 saturated carbocycles. The van der Waals surface area contributed by atoms with Gasteiger partial charge in [-0.05, 0) is 60.5 Å². The Morgan fingerprint density at radius 3 is 2.37 bits per heavy atom. The maximum atomic E-state index is 12.4. The lowest BCUT2D eigenvalue weighted by atomic mass is 10.2. The normalized spacial score (nSPS) is 11.3. The van der Waals surface area contributed by atoms with Crippen molar-refractivity contribution in [3.05, 3.63) is 108 Å². The molecule has 1 amide bonds. The largest absolute Gasteiger partial charge is 0.489 e. The molecule has 0 aliphatic rings. The number of hydrogen-bond donors (Lipinski definition) is 2. The van der Waals surface area contributed by atoms with Gasteiger partial charge in [0.15, 0.2) is 5.82 Å². The van der Waals surface area contributed by atoms with Crippen molar-refractivity contribution in [3.63, 3.8) is 0 Å². The van der Waals surface area contributed by atoms with E-state index in [1.165, 1.54) is 36.4 Å². The van der Waals surface area contributed by atoms with Gasteiger partial charge in [-0.25, -0.2) is 8.42 Å². The minimum Gasteiger partial charge on any atom is -0.489 e. The van der Waals surface area contributed by atoms with Crippen LogP contribution in [-0.4, -0.2) is 19.5 Å². The third-order valence-electron chi connectivity index (χ3n) is 4.85. The summed E-state index contributed by atoms with van der Waals surface area (Å²) in [6.07, 6.45) is 3.08. The van der Waals surface area contributed by atoms with Gasteiger partial charge in [0.1, 0.15) is 18.1 Å². The third-order valence-corrected chi connectivity index (χ3v) is 6.23. The highest BCUT2D eigenvalue weighted by Gasteiger charge is 2.16. The van der Waals surface area contributed by atoms with Crippen molar-refractivity contribution in [1.29, 1.82) is 0 Å². The lowest BCUT2D eigenvalue weighted by Crippen LogP contribution is -2.13. The number of nitrogens with zero attached hydrogens (tertiary/aromatic N) is 1. The SMILES string of the molecule is Cc1cc(NS(=O)(=O)c2ccc(NC(=O)/C=C/c3ccc(OCc4ccccc4)cc3)cc2)no1. The summed E-state index contributed by atoms with van der Waals surface area (Å²) in [7, 11) is -3.82. The lowest BCUT2D eigenvalue weighted by Gasteiger charge is -2.07. The standard InChI is InChI=1S/C26H23N3O5S/c1-19-17-25(28-34-19)29-35(31,32)24-14-10-22(11-15-24)27-26(30)16-9-20-7-12-23(13-8-20)33-18-21-5-3-2-4-6-21/h2-17H,18H2,1H3,(H,27,30)(H,28,29)/b16-9+. The first-order valence-electron chi connectivity index (χ1n) is 10.7. The van der Waals surface area contributed by atoms with Crippen LogP contribution in [0.3, 0.4) is 0 Å². The molecule has 0 radical (unpaired) electrons. The second-order valence-corrected chi connectivity index (χ2v) is 9.30. The molecule has 0 aliphatic carbocycles. The average molecular weight is 490 g/mol. The summed E-state index contributed by atoms with van der Waals surface area (Å²) in [6, 6.07) is 24.6. The molecule has 0 fully saturated rings. The predicted molar refractivity (Wildman–Crippen MR) is 133 cm³/mol. The van der Waals surface area contributed by atoms with E-state index >= 15 is 0 Å². The molecule has 0 unspecified atom stereocenters. The molecule has 0 aliphatic heterocycles. The molecule has 3 aromatic carbocycles. The number of amides is 1. The summed E-state index contributed by atoms with van der Waals surface area (Å²) in [5.74, 6) is 0.974. The van der Waals surface area contributed by atoms with Crippen molar-refractivity contribution in [2.45, 2.75) is 18.4 Å². The fraction of sp³-hybridized carbons (Fsp3) is 0.0769. The van der Waals surface area contributed by atoms with Gasteiger partial charge < -0.3 is 14.6 Å². The van der Waals surface area contributed by atoms with Gasteiger partial charge in [-0.15, -0.1) is 0 Å². The number of rotatable bonds is 9. The summed E-state index contributed by atoms with van der Waals surface area (Å²) >= 11 is 0.